The van der Waals surface area contributed by atoms with E-state index in [2.05, 4.69) is 86.9 Å². The zero-order valence-electron chi connectivity index (χ0n) is 44.4. The number of Topliss-reactive ketones (excluding diaryl/α,β-unsaturated/α-hetero) is 1. The van der Waals surface area contributed by atoms with Crippen LogP contribution in [0.1, 0.15) is 164 Å². The predicted molar refractivity (Wildman–Crippen MR) is 269 cm³/mol. The maximum absolute atomic E-state index is 13.4. The maximum atomic E-state index is 13.4. The van der Waals surface area contributed by atoms with Crippen LogP contribution in [0.2, 0.25) is 39.3 Å². The van der Waals surface area contributed by atoms with E-state index in [1.807, 2.05) is 0 Å². The number of methoxy groups -OCH3 is 2. The van der Waals surface area contributed by atoms with Crippen LogP contribution in [0.3, 0.4) is 0 Å². The number of hydrogen-bond acceptors (Lipinski definition) is 8. The number of carbonyl (C=O) groups excluding carboxylic acids is 3. The fraction of sp³-hybridized carbons (Fsp3) is 0.911. The number of allylic oxidation sites excluding steroid dienone is 2. The van der Waals surface area contributed by atoms with Gasteiger partial charge >= 0.3 is 11.9 Å². The van der Waals surface area contributed by atoms with Crippen LogP contribution in [-0.4, -0.2) is 65.9 Å². The van der Waals surface area contributed by atoms with E-state index < -0.39 is 16.6 Å². The van der Waals surface area contributed by atoms with Crippen LogP contribution in [0, 0.1) is 92.7 Å². The standard InChI is InChI=1S/C31H56O4Si2.C25H40O4/c1-21(11-14-28(32)33-4)24-12-13-25-29-26(16-18-31(24,25)3)30(2)17-15-23(34-36(5,6)7)19-22(30)20-27(29)35-37(8,9)10;1-15(5-8-22(28)29-4)18-6-7-19-23-20(10-12-25(18,19)3)24(2)11-9-17(26)13-16(24)14-21(23)27/h20-26,29H,11-19H2,1-10H3;15-20,23,26H,5-14H2,1-4H3/t21-,22?,23-,24-,25?,26?,29?,30+,31-;15-,16?,17-,18-,19?,20?,23?,24+,25-/m11/s1. The van der Waals surface area contributed by atoms with Crippen molar-refractivity contribution < 1.29 is 37.8 Å². The van der Waals surface area contributed by atoms with Gasteiger partial charge in [0.15, 0.2) is 8.32 Å². The molecule has 0 heterocycles. The first-order valence-electron chi connectivity index (χ1n) is 27.2. The Morgan fingerprint density at radius 3 is 1.65 bits per heavy atom. The van der Waals surface area contributed by atoms with E-state index in [1.165, 1.54) is 77.8 Å². The van der Waals surface area contributed by atoms with Gasteiger partial charge in [0.1, 0.15) is 5.78 Å². The van der Waals surface area contributed by atoms with Gasteiger partial charge in [-0.2, -0.15) is 0 Å². The molecule has 66 heavy (non-hydrogen) atoms. The van der Waals surface area contributed by atoms with Gasteiger partial charge in [-0.05, 0) is 229 Å². The molecule has 0 bridgehead atoms. The maximum Gasteiger partial charge on any atom is 0.305 e. The van der Waals surface area contributed by atoms with Crippen molar-refractivity contribution in [2.45, 2.75) is 215 Å². The molecule has 8 nitrogen and oxygen atoms in total. The first-order valence-corrected chi connectivity index (χ1v) is 34.0. The van der Waals surface area contributed by atoms with Gasteiger partial charge in [0, 0.05) is 37.2 Å². The zero-order valence-corrected chi connectivity index (χ0v) is 46.4. The summed E-state index contributed by atoms with van der Waals surface area (Å²) in [6, 6.07) is 0. The molecule has 18 atom stereocenters. The third kappa shape index (κ3) is 10.2. The summed E-state index contributed by atoms with van der Waals surface area (Å²) in [5.41, 5.74) is 1.14. The molecule has 0 aromatic rings. The van der Waals surface area contributed by atoms with Crippen LogP contribution in [-0.2, 0) is 32.7 Å². The second kappa shape index (κ2) is 19.6. The molecule has 7 fully saturated rings. The quantitative estimate of drug-likeness (QED) is 0.152. The van der Waals surface area contributed by atoms with Gasteiger partial charge in [0.05, 0.1) is 26.1 Å². The molecule has 0 aromatic heterocycles. The Kier molecular flexibility index (Phi) is 15.5. The van der Waals surface area contributed by atoms with Gasteiger partial charge < -0.3 is 23.4 Å². The topological polar surface area (TPSA) is 108 Å². The highest BCUT2D eigenvalue weighted by molar-refractivity contribution is 6.70. The summed E-state index contributed by atoms with van der Waals surface area (Å²) >= 11 is 0. The molecule has 0 aromatic carbocycles. The molecule has 8 unspecified atom stereocenters. The van der Waals surface area contributed by atoms with E-state index in [0.717, 1.165) is 44.9 Å². The minimum Gasteiger partial charge on any atom is -0.547 e. The number of carbonyl (C=O) groups is 3. The predicted octanol–water partition coefficient (Wildman–Crippen LogP) is 13.2. The molecule has 0 spiro atoms. The van der Waals surface area contributed by atoms with Crippen LogP contribution < -0.4 is 0 Å². The molecule has 8 aliphatic carbocycles. The summed E-state index contributed by atoms with van der Waals surface area (Å²) in [6.45, 7) is 28.8. The first kappa shape index (κ1) is 52.3. The summed E-state index contributed by atoms with van der Waals surface area (Å²) in [5, 5.41) is 10.2. The summed E-state index contributed by atoms with van der Waals surface area (Å²) < 4.78 is 23.5. The third-order valence-electron chi connectivity index (χ3n) is 21.2. The number of ether oxygens (including phenoxy) is 2. The summed E-state index contributed by atoms with van der Waals surface area (Å²) in [7, 11) is -0.314. The van der Waals surface area contributed by atoms with Crippen molar-refractivity contribution in [3.05, 3.63) is 11.8 Å². The lowest BCUT2D eigenvalue weighted by Gasteiger charge is -2.60. The summed E-state index contributed by atoms with van der Waals surface area (Å²) in [6.07, 6.45) is 22.8. The monoisotopic (exact) mass is 953 g/mol. The second-order valence-electron chi connectivity index (χ2n) is 26.9. The highest BCUT2D eigenvalue weighted by atomic mass is 28.4. The molecule has 10 heteroatoms. The number of ketones is 1. The smallest absolute Gasteiger partial charge is 0.305 e. The van der Waals surface area contributed by atoms with Gasteiger partial charge in [-0.3, -0.25) is 14.4 Å². The van der Waals surface area contributed by atoms with Crippen LogP contribution in [0.25, 0.3) is 0 Å². The SMILES string of the molecule is COC(=O)CC[C@@H](C)[C@H]1CCC2C3C(=O)CC4C[C@H](O)CC[C@]4(C)C3CC[C@@]21C.COC(=O)CC[C@@H](C)[C@H]1CCC2C3C(O[Si](C)(C)C)=CC4C[C@H](O[Si](C)(C)C)CC[C@]4(C)C3CC[C@@]21C. The van der Waals surface area contributed by atoms with Crippen LogP contribution in [0.5, 0.6) is 0 Å². The highest BCUT2D eigenvalue weighted by Gasteiger charge is 2.64. The largest absolute Gasteiger partial charge is 0.547 e. The lowest BCUT2D eigenvalue weighted by Crippen LogP contribution is -2.57. The molecule has 8 rings (SSSR count). The molecule has 1 N–H and O–H groups in total. The van der Waals surface area contributed by atoms with Crippen LogP contribution in [0.4, 0.5) is 0 Å². The number of aliphatic hydroxyl groups excluding tert-OH is 1. The number of esters is 2. The first-order chi connectivity index (χ1) is 30.8. The van der Waals surface area contributed by atoms with Crippen molar-refractivity contribution in [3.8, 4) is 0 Å². The Morgan fingerprint density at radius 1 is 0.652 bits per heavy atom. The molecule has 7 saturated carbocycles. The van der Waals surface area contributed by atoms with Gasteiger partial charge in [-0.1, -0.05) is 41.5 Å². The molecule has 376 valence electrons. The third-order valence-corrected chi connectivity index (χ3v) is 23.0. The van der Waals surface area contributed by atoms with E-state index >= 15 is 0 Å². The molecule has 0 aliphatic heterocycles. The Balaban J connectivity index is 0.000000202. The van der Waals surface area contributed by atoms with Crippen LogP contribution in [0.15, 0.2) is 11.8 Å². The number of hydrogen-bond donors (Lipinski definition) is 1. The summed E-state index contributed by atoms with van der Waals surface area (Å²) in [4.78, 5) is 36.9. The zero-order chi connectivity index (χ0) is 48.4. The number of aliphatic hydroxyl groups is 1. The number of fused-ring (bicyclic) bond motifs is 10. The lowest BCUT2D eigenvalue weighted by atomic mass is 9.44. The van der Waals surface area contributed by atoms with Crippen molar-refractivity contribution in [2.75, 3.05) is 14.2 Å². The highest BCUT2D eigenvalue weighted by Crippen LogP contribution is 2.70. The molecular formula is C56H96O8Si2. The Bertz CT molecular complexity index is 1790. The fourth-order valence-electron chi connectivity index (χ4n) is 17.9. The van der Waals surface area contributed by atoms with Crippen molar-refractivity contribution >= 4 is 34.4 Å². The molecular weight excluding hydrogens is 857 g/mol. The molecule has 0 amide bonds. The average molecular weight is 954 g/mol. The van der Waals surface area contributed by atoms with Crippen molar-refractivity contribution in [1.29, 1.82) is 0 Å². The fourth-order valence-corrected chi connectivity index (χ4v) is 20.0. The summed E-state index contributed by atoms with van der Waals surface area (Å²) in [5.74, 6) is 8.13. The van der Waals surface area contributed by atoms with Gasteiger partial charge in [-0.25, -0.2) is 0 Å². The Hall–Kier alpha value is -1.50. The van der Waals surface area contributed by atoms with E-state index in [4.69, 9.17) is 18.3 Å². The lowest BCUT2D eigenvalue weighted by molar-refractivity contribution is -0.160. The van der Waals surface area contributed by atoms with E-state index in [0.29, 0.717) is 107 Å². The van der Waals surface area contributed by atoms with Gasteiger partial charge in [-0.15, -0.1) is 0 Å². The van der Waals surface area contributed by atoms with Gasteiger partial charge in [0.2, 0.25) is 8.32 Å². The van der Waals surface area contributed by atoms with Crippen LogP contribution >= 0.6 is 0 Å². The van der Waals surface area contributed by atoms with Crippen molar-refractivity contribution in [2.24, 2.45) is 92.7 Å². The van der Waals surface area contributed by atoms with E-state index in [-0.39, 0.29) is 34.8 Å². The van der Waals surface area contributed by atoms with Crippen molar-refractivity contribution in [3.63, 3.8) is 0 Å². The Morgan fingerprint density at radius 2 is 1.14 bits per heavy atom. The van der Waals surface area contributed by atoms with Gasteiger partial charge in [0.25, 0.3) is 0 Å². The molecule has 0 radical (unpaired) electrons. The van der Waals surface area contributed by atoms with E-state index in [9.17, 15) is 19.5 Å². The second-order valence-corrected chi connectivity index (χ2v) is 35.8. The van der Waals surface area contributed by atoms with E-state index in [1.54, 1.807) is 0 Å². The average Bonchev–Trinajstić information content (AvgIpc) is 3.78. The minimum atomic E-state index is -1.74. The minimum absolute atomic E-state index is 0.0658. The molecule has 0 saturated heterocycles. The normalized spacial score (nSPS) is 43.7. The Labute approximate surface area is 404 Å². The van der Waals surface area contributed by atoms with Crippen molar-refractivity contribution in [1.82, 2.24) is 0 Å². The number of rotatable bonds is 12. The molecule has 8 aliphatic rings.